The highest BCUT2D eigenvalue weighted by Crippen LogP contribution is 2.35. The van der Waals surface area contributed by atoms with Crippen molar-refractivity contribution in [2.24, 2.45) is 0 Å². The monoisotopic (exact) mass is 415 g/mol. The molecule has 1 atom stereocenters. The number of hydrogen-bond acceptors (Lipinski definition) is 3. The molecule has 1 aliphatic rings. The van der Waals surface area contributed by atoms with Crippen molar-refractivity contribution in [2.45, 2.75) is 31.7 Å². The highest BCUT2D eigenvalue weighted by molar-refractivity contribution is 5.67. The van der Waals surface area contributed by atoms with Gasteiger partial charge < -0.3 is 9.84 Å². The molecule has 1 aliphatic heterocycles. The van der Waals surface area contributed by atoms with Gasteiger partial charge in [0.25, 0.3) is 0 Å². The second-order valence-corrected chi connectivity index (χ2v) is 8.04. The average Bonchev–Trinajstić information content (AvgIpc) is 2.81. The lowest BCUT2D eigenvalue weighted by molar-refractivity contribution is -0.136. The zero-order valence-electron chi connectivity index (χ0n) is 17.7. The molecule has 1 N–H and O–H groups in total. The summed E-state index contributed by atoms with van der Waals surface area (Å²) in [6, 6.07) is 27.6. The maximum absolute atomic E-state index is 10.7. The van der Waals surface area contributed by atoms with E-state index in [0.29, 0.717) is 19.1 Å². The SMILES string of the molecule is O=C(O)CCc1ccc(OCCCN2CCc3ccccc3C2c2ccccc2)cc1. The van der Waals surface area contributed by atoms with Crippen LogP contribution in [-0.2, 0) is 17.6 Å². The van der Waals surface area contributed by atoms with Gasteiger partial charge in [-0.25, -0.2) is 0 Å². The van der Waals surface area contributed by atoms with Crippen LogP contribution in [0.1, 0.15) is 41.1 Å². The first-order valence-electron chi connectivity index (χ1n) is 11.0. The van der Waals surface area contributed by atoms with Gasteiger partial charge in [0.15, 0.2) is 0 Å². The van der Waals surface area contributed by atoms with E-state index >= 15 is 0 Å². The Morgan fingerprint density at radius 2 is 1.71 bits per heavy atom. The summed E-state index contributed by atoms with van der Waals surface area (Å²) >= 11 is 0. The molecule has 31 heavy (non-hydrogen) atoms. The molecule has 0 spiro atoms. The van der Waals surface area contributed by atoms with Gasteiger partial charge in [-0.3, -0.25) is 9.69 Å². The first-order valence-corrected chi connectivity index (χ1v) is 11.0. The number of carboxylic acids is 1. The van der Waals surface area contributed by atoms with Crippen molar-refractivity contribution in [3.63, 3.8) is 0 Å². The molecule has 160 valence electrons. The van der Waals surface area contributed by atoms with E-state index in [-0.39, 0.29) is 6.42 Å². The average molecular weight is 416 g/mol. The largest absolute Gasteiger partial charge is 0.494 e. The van der Waals surface area contributed by atoms with E-state index in [2.05, 4.69) is 59.5 Å². The molecule has 0 radical (unpaired) electrons. The predicted molar refractivity (Wildman–Crippen MR) is 123 cm³/mol. The van der Waals surface area contributed by atoms with Crippen molar-refractivity contribution in [3.05, 3.63) is 101 Å². The fourth-order valence-electron chi connectivity index (χ4n) is 4.35. The Hall–Kier alpha value is -3.11. The van der Waals surface area contributed by atoms with Gasteiger partial charge in [-0.05, 0) is 53.6 Å². The van der Waals surface area contributed by atoms with Gasteiger partial charge in [0.2, 0.25) is 0 Å². The Morgan fingerprint density at radius 3 is 2.48 bits per heavy atom. The molecule has 0 fully saturated rings. The number of nitrogens with zero attached hydrogens (tertiary/aromatic N) is 1. The number of ether oxygens (including phenoxy) is 1. The van der Waals surface area contributed by atoms with Gasteiger partial charge in [0.05, 0.1) is 12.6 Å². The third-order valence-corrected chi connectivity index (χ3v) is 5.91. The van der Waals surface area contributed by atoms with Crippen molar-refractivity contribution in [1.29, 1.82) is 0 Å². The summed E-state index contributed by atoms with van der Waals surface area (Å²) in [5.41, 5.74) is 5.23. The molecule has 1 unspecified atom stereocenters. The lowest BCUT2D eigenvalue weighted by atomic mass is 9.88. The first kappa shape index (κ1) is 21.1. The lowest BCUT2D eigenvalue weighted by Gasteiger charge is -2.37. The Bertz CT molecular complexity index is 985. The van der Waals surface area contributed by atoms with Crippen LogP contribution < -0.4 is 4.74 Å². The van der Waals surface area contributed by atoms with Crippen molar-refractivity contribution >= 4 is 5.97 Å². The summed E-state index contributed by atoms with van der Waals surface area (Å²) < 4.78 is 5.95. The van der Waals surface area contributed by atoms with Crippen molar-refractivity contribution in [3.8, 4) is 5.75 Å². The van der Waals surface area contributed by atoms with Crippen LogP contribution in [0.3, 0.4) is 0 Å². The highest BCUT2D eigenvalue weighted by Gasteiger charge is 2.27. The van der Waals surface area contributed by atoms with E-state index in [1.165, 1.54) is 16.7 Å². The maximum Gasteiger partial charge on any atom is 0.303 e. The van der Waals surface area contributed by atoms with Crippen LogP contribution in [0.4, 0.5) is 0 Å². The van der Waals surface area contributed by atoms with Crippen LogP contribution in [0.5, 0.6) is 5.75 Å². The Balaban J connectivity index is 1.34. The summed E-state index contributed by atoms with van der Waals surface area (Å²) in [5, 5.41) is 8.80. The number of carboxylic acid groups (broad SMARTS) is 1. The number of aliphatic carboxylic acids is 1. The number of carbonyl (C=O) groups is 1. The van der Waals surface area contributed by atoms with E-state index in [9.17, 15) is 4.79 Å². The summed E-state index contributed by atoms with van der Waals surface area (Å²) in [7, 11) is 0. The quantitative estimate of drug-likeness (QED) is 0.493. The van der Waals surface area contributed by atoms with Crippen molar-refractivity contribution < 1.29 is 14.6 Å². The number of hydrogen-bond donors (Lipinski definition) is 1. The molecule has 1 heterocycles. The lowest BCUT2D eigenvalue weighted by Crippen LogP contribution is -2.37. The fraction of sp³-hybridized carbons (Fsp3) is 0.296. The van der Waals surface area contributed by atoms with Crippen LogP contribution in [0, 0.1) is 0 Å². The highest BCUT2D eigenvalue weighted by atomic mass is 16.5. The molecular weight excluding hydrogens is 386 g/mol. The smallest absolute Gasteiger partial charge is 0.303 e. The minimum Gasteiger partial charge on any atom is -0.494 e. The molecule has 0 saturated carbocycles. The van der Waals surface area contributed by atoms with Crippen molar-refractivity contribution in [1.82, 2.24) is 4.90 Å². The van der Waals surface area contributed by atoms with Gasteiger partial charge in [0, 0.05) is 19.5 Å². The number of benzene rings is 3. The normalized spacial score (nSPS) is 15.9. The minimum atomic E-state index is -0.769. The van der Waals surface area contributed by atoms with Crippen molar-refractivity contribution in [2.75, 3.05) is 19.7 Å². The number of rotatable bonds is 9. The topological polar surface area (TPSA) is 49.8 Å². The van der Waals surface area contributed by atoms with E-state index in [1.54, 1.807) is 0 Å². The number of fused-ring (bicyclic) bond motifs is 1. The zero-order chi connectivity index (χ0) is 21.5. The van der Waals surface area contributed by atoms with Crippen LogP contribution in [0.2, 0.25) is 0 Å². The molecule has 4 nitrogen and oxygen atoms in total. The molecule has 0 bridgehead atoms. The zero-order valence-corrected chi connectivity index (χ0v) is 17.7. The molecule has 0 aliphatic carbocycles. The maximum atomic E-state index is 10.7. The molecule has 4 rings (SSSR count). The summed E-state index contributed by atoms with van der Waals surface area (Å²) in [5.74, 6) is 0.0668. The molecule has 0 saturated heterocycles. The second-order valence-electron chi connectivity index (χ2n) is 8.04. The third kappa shape index (κ3) is 5.53. The van der Waals surface area contributed by atoms with Gasteiger partial charge in [-0.2, -0.15) is 0 Å². The third-order valence-electron chi connectivity index (χ3n) is 5.91. The van der Waals surface area contributed by atoms with Gasteiger partial charge in [-0.15, -0.1) is 0 Å². The molecule has 3 aromatic rings. The summed E-state index contributed by atoms with van der Waals surface area (Å²) in [6.07, 6.45) is 2.74. The van der Waals surface area contributed by atoms with E-state index in [4.69, 9.17) is 9.84 Å². The Morgan fingerprint density at radius 1 is 0.968 bits per heavy atom. The fourth-order valence-corrected chi connectivity index (χ4v) is 4.35. The predicted octanol–water partition coefficient (Wildman–Crippen LogP) is 5.12. The van der Waals surface area contributed by atoms with E-state index < -0.39 is 5.97 Å². The van der Waals surface area contributed by atoms with E-state index in [1.807, 2.05) is 24.3 Å². The Kier molecular flexibility index (Phi) is 7.00. The second kappa shape index (κ2) is 10.3. The van der Waals surface area contributed by atoms with E-state index in [0.717, 1.165) is 37.2 Å². The molecule has 0 amide bonds. The van der Waals surface area contributed by atoms with Crippen LogP contribution >= 0.6 is 0 Å². The molecule has 3 aromatic carbocycles. The van der Waals surface area contributed by atoms with Crippen LogP contribution in [-0.4, -0.2) is 35.7 Å². The molecular formula is C27H29NO3. The van der Waals surface area contributed by atoms with Crippen LogP contribution in [0.25, 0.3) is 0 Å². The standard InChI is InChI=1S/C27H29NO3/c29-26(30)16-13-21-11-14-24(15-12-21)31-20-6-18-28-19-17-22-7-4-5-10-25(22)27(28)23-8-2-1-3-9-23/h1-5,7-12,14-15,27H,6,13,16-20H2,(H,29,30). The minimum absolute atomic E-state index is 0.155. The van der Waals surface area contributed by atoms with Crippen LogP contribution in [0.15, 0.2) is 78.9 Å². The van der Waals surface area contributed by atoms with Gasteiger partial charge in [0.1, 0.15) is 5.75 Å². The molecule has 0 aromatic heterocycles. The summed E-state index contributed by atoms with van der Waals surface area (Å²) in [6.45, 7) is 2.69. The number of aryl methyl sites for hydroxylation is 1. The Labute approximate surface area is 184 Å². The first-order chi connectivity index (χ1) is 15.2. The molecule has 4 heteroatoms. The summed E-state index contributed by atoms with van der Waals surface area (Å²) in [4.78, 5) is 13.3. The van der Waals surface area contributed by atoms with Gasteiger partial charge >= 0.3 is 5.97 Å². The van der Waals surface area contributed by atoms with Gasteiger partial charge in [-0.1, -0.05) is 66.7 Å².